The van der Waals surface area contributed by atoms with Crippen molar-refractivity contribution in [3.8, 4) is 0 Å². The molecule has 0 saturated heterocycles. The fourth-order valence-electron chi connectivity index (χ4n) is 6.58. The van der Waals surface area contributed by atoms with Crippen LogP contribution in [0.2, 0.25) is 0 Å². The molecule has 0 rings (SSSR count). The van der Waals surface area contributed by atoms with Crippen molar-refractivity contribution in [3.63, 3.8) is 0 Å². The van der Waals surface area contributed by atoms with Crippen molar-refractivity contribution in [3.05, 3.63) is 0 Å². The number of hydrogen-bond donors (Lipinski definition) is 3. The van der Waals surface area contributed by atoms with Gasteiger partial charge in [-0.3, -0.25) is 13.8 Å². The van der Waals surface area contributed by atoms with E-state index in [1.165, 1.54) is 148 Å². The number of nitrogens with zero attached hydrogens (tertiary/aromatic N) is 1. The molecule has 3 atom stereocenters. The van der Waals surface area contributed by atoms with E-state index in [1.807, 2.05) is 21.1 Å². The van der Waals surface area contributed by atoms with Crippen molar-refractivity contribution in [1.29, 1.82) is 0 Å². The Labute approximate surface area is 317 Å². The Morgan fingerprint density at radius 3 is 1.31 bits per heavy atom. The molecule has 1 unspecified atom stereocenters. The minimum absolute atomic E-state index is 0.0785. The van der Waals surface area contributed by atoms with Gasteiger partial charge in [-0.2, -0.15) is 0 Å². The molecule has 0 aliphatic heterocycles. The highest BCUT2D eigenvalue weighted by atomic mass is 31.2. The first-order valence-corrected chi connectivity index (χ1v) is 23.4. The lowest BCUT2D eigenvalue weighted by Gasteiger charge is -2.26. The van der Waals surface area contributed by atoms with Gasteiger partial charge in [0, 0.05) is 6.42 Å². The van der Waals surface area contributed by atoms with Crippen LogP contribution in [0, 0.1) is 0 Å². The summed E-state index contributed by atoms with van der Waals surface area (Å²) >= 11 is 0. The van der Waals surface area contributed by atoms with Crippen molar-refractivity contribution in [2.75, 3.05) is 40.9 Å². The molecule has 0 aromatic carbocycles. The number of carbonyl (C=O) groups excluding carboxylic acids is 1. The zero-order valence-electron chi connectivity index (χ0n) is 34.6. The van der Waals surface area contributed by atoms with Gasteiger partial charge < -0.3 is 19.8 Å². The molecule has 3 N–H and O–H groups in total. The SMILES string of the molecule is CCCCCCCCCCCCCCCCCC[C@@H](O)[C@H](COP(=O)(O)OCC[N+](C)(C)C)NC(=O)CCCCCCCCCCCCCCC. The van der Waals surface area contributed by atoms with Gasteiger partial charge in [0.15, 0.2) is 0 Å². The van der Waals surface area contributed by atoms with Crippen molar-refractivity contribution >= 4 is 13.7 Å². The fourth-order valence-corrected chi connectivity index (χ4v) is 7.31. The molecule has 0 aromatic rings. The molecule has 0 saturated carbocycles. The second-order valence-corrected chi connectivity index (χ2v) is 17.9. The molecule has 0 bridgehead atoms. The van der Waals surface area contributed by atoms with Crippen LogP contribution in [0.25, 0.3) is 0 Å². The van der Waals surface area contributed by atoms with Crippen LogP contribution in [0.1, 0.15) is 213 Å². The Morgan fingerprint density at radius 2 is 0.941 bits per heavy atom. The van der Waals surface area contributed by atoms with Gasteiger partial charge >= 0.3 is 7.82 Å². The third kappa shape index (κ3) is 37.6. The van der Waals surface area contributed by atoms with Gasteiger partial charge in [-0.25, -0.2) is 4.57 Å². The van der Waals surface area contributed by atoms with Crippen LogP contribution >= 0.6 is 7.82 Å². The lowest BCUT2D eigenvalue weighted by molar-refractivity contribution is -0.870. The van der Waals surface area contributed by atoms with Crippen molar-refractivity contribution in [2.45, 2.75) is 225 Å². The average Bonchev–Trinajstić information content (AvgIpc) is 3.07. The summed E-state index contributed by atoms with van der Waals surface area (Å²) in [6, 6.07) is -0.752. The number of amides is 1. The van der Waals surface area contributed by atoms with E-state index in [0.717, 1.165) is 38.5 Å². The number of nitrogens with one attached hydrogen (secondary N) is 1. The third-order valence-corrected chi connectivity index (χ3v) is 11.1. The predicted molar refractivity (Wildman–Crippen MR) is 217 cm³/mol. The number of carbonyl (C=O) groups is 1. The van der Waals surface area contributed by atoms with Gasteiger partial charge in [0.1, 0.15) is 13.2 Å². The monoisotopic (exact) mass is 748 g/mol. The van der Waals surface area contributed by atoms with Crippen LogP contribution in [-0.4, -0.2) is 73.4 Å². The van der Waals surface area contributed by atoms with Crippen LogP contribution in [0.4, 0.5) is 0 Å². The smallest absolute Gasteiger partial charge is 0.391 e. The molecule has 0 radical (unpaired) electrons. The van der Waals surface area contributed by atoms with Crippen LogP contribution in [0.3, 0.4) is 0 Å². The second kappa shape index (κ2) is 35.2. The summed E-state index contributed by atoms with van der Waals surface area (Å²) < 4.78 is 23.6. The van der Waals surface area contributed by atoms with E-state index >= 15 is 0 Å². The maximum absolute atomic E-state index is 12.8. The molecule has 0 aliphatic carbocycles. The number of phosphoric acid groups is 1. The minimum Gasteiger partial charge on any atom is -0.391 e. The molecule has 9 heteroatoms. The summed E-state index contributed by atoms with van der Waals surface area (Å²) in [6.45, 7) is 4.90. The predicted octanol–water partition coefficient (Wildman–Crippen LogP) is 11.8. The largest absolute Gasteiger partial charge is 0.472 e. The van der Waals surface area contributed by atoms with Gasteiger partial charge in [-0.05, 0) is 12.8 Å². The zero-order chi connectivity index (χ0) is 37.9. The molecule has 0 aromatic heterocycles. The molecule has 0 fully saturated rings. The fraction of sp³-hybridized carbons (Fsp3) is 0.976. The van der Waals surface area contributed by atoms with E-state index in [2.05, 4.69) is 19.2 Å². The third-order valence-electron chi connectivity index (χ3n) is 10.1. The highest BCUT2D eigenvalue weighted by Crippen LogP contribution is 2.43. The number of likely N-dealkylation sites (N-methyl/N-ethyl adjacent to an activating group) is 1. The van der Waals surface area contributed by atoms with Crippen LogP contribution < -0.4 is 5.32 Å². The molecular weight excluding hydrogens is 659 g/mol. The molecular formula is C42H88N2O6P+. The number of aliphatic hydroxyl groups excluding tert-OH is 1. The number of aliphatic hydroxyl groups is 1. The van der Waals surface area contributed by atoms with Crippen molar-refractivity contribution in [2.24, 2.45) is 0 Å². The van der Waals surface area contributed by atoms with Gasteiger partial charge in [0.05, 0.1) is 39.9 Å². The van der Waals surface area contributed by atoms with Crippen LogP contribution in [-0.2, 0) is 18.4 Å². The van der Waals surface area contributed by atoms with E-state index in [4.69, 9.17) is 9.05 Å². The maximum atomic E-state index is 12.8. The number of rotatable bonds is 40. The Hall–Kier alpha value is -0.500. The first kappa shape index (κ1) is 50.5. The molecule has 306 valence electrons. The van der Waals surface area contributed by atoms with E-state index in [0.29, 0.717) is 23.9 Å². The van der Waals surface area contributed by atoms with Crippen LogP contribution in [0.15, 0.2) is 0 Å². The van der Waals surface area contributed by atoms with E-state index in [9.17, 15) is 19.4 Å². The number of quaternary nitrogens is 1. The summed E-state index contributed by atoms with van der Waals surface area (Å²) in [6.07, 6.45) is 36.9. The van der Waals surface area contributed by atoms with Gasteiger partial charge in [0.2, 0.25) is 5.91 Å². The maximum Gasteiger partial charge on any atom is 0.472 e. The Bertz CT molecular complexity index is 809. The number of hydrogen-bond acceptors (Lipinski definition) is 5. The summed E-state index contributed by atoms with van der Waals surface area (Å²) in [7, 11) is 1.63. The molecule has 0 aliphatic rings. The zero-order valence-corrected chi connectivity index (χ0v) is 35.5. The standard InChI is InChI=1S/C42H87N2O6P/c1-6-8-10-12-14-16-18-20-21-22-24-25-27-29-31-33-35-41(45)40(39-50-51(47,48)49-38-37-44(3,4)5)43-42(46)36-34-32-30-28-26-23-19-17-15-13-11-9-7-2/h40-41,45H,6-39H2,1-5H3,(H-,43,46,47,48)/p+1/t40-,41+/m0/s1. The quantitative estimate of drug-likeness (QED) is 0.0327. The second-order valence-electron chi connectivity index (χ2n) is 16.4. The Morgan fingerprint density at radius 1 is 0.588 bits per heavy atom. The highest BCUT2D eigenvalue weighted by Gasteiger charge is 2.28. The summed E-state index contributed by atoms with van der Waals surface area (Å²) in [5.41, 5.74) is 0. The summed E-state index contributed by atoms with van der Waals surface area (Å²) in [5, 5.41) is 13.9. The van der Waals surface area contributed by atoms with Gasteiger partial charge in [-0.15, -0.1) is 0 Å². The number of unbranched alkanes of at least 4 members (excludes halogenated alkanes) is 27. The Balaban J connectivity index is 4.35. The first-order valence-electron chi connectivity index (χ1n) is 21.9. The minimum atomic E-state index is -4.30. The topological polar surface area (TPSA) is 105 Å². The van der Waals surface area contributed by atoms with E-state index < -0.39 is 20.0 Å². The molecule has 0 spiro atoms. The van der Waals surface area contributed by atoms with Crippen molar-refractivity contribution in [1.82, 2.24) is 5.32 Å². The average molecular weight is 748 g/mol. The van der Waals surface area contributed by atoms with Crippen LogP contribution in [0.5, 0.6) is 0 Å². The lowest BCUT2D eigenvalue weighted by atomic mass is 10.0. The first-order chi connectivity index (χ1) is 24.5. The normalized spacial score (nSPS) is 14.4. The van der Waals surface area contributed by atoms with Crippen molar-refractivity contribution < 1.29 is 32.9 Å². The summed E-state index contributed by atoms with van der Waals surface area (Å²) in [4.78, 5) is 23.1. The molecule has 1 amide bonds. The lowest BCUT2D eigenvalue weighted by Crippen LogP contribution is -2.46. The summed E-state index contributed by atoms with van der Waals surface area (Å²) in [5.74, 6) is -0.142. The Kier molecular flexibility index (Phi) is 34.9. The number of phosphoric ester groups is 1. The van der Waals surface area contributed by atoms with E-state index in [1.54, 1.807) is 0 Å². The van der Waals surface area contributed by atoms with E-state index in [-0.39, 0.29) is 19.1 Å². The molecule has 51 heavy (non-hydrogen) atoms. The van der Waals surface area contributed by atoms with Gasteiger partial charge in [-0.1, -0.05) is 194 Å². The highest BCUT2D eigenvalue weighted by molar-refractivity contribution is 7.47. The van der Waals surface area contributed by atoms with Gasteiger partial charge in [0.25, 0.3) is 0 Å². The molecule has 8 nitrogen and oxygen atoms in total. The molecule has 0 heterocycles.